The number of ether oxygens (including phenoxy) is 2. The molecule has 1 saturated heterocycles. The Morgan fingerprint density at radius 2 is 1.97 bits per heavy atom. The number of hydrogen-bond donors (Lipinski definition) is 2. The summed E-state index contributed by atoms with van der Waals surface area (Å²) in [4.78, 5) is 6.35. The fourth-order valence-corrected chi connectivity index (χ4v) is 3.50. The zero-order valence-electron chi connectivity index (χ0n) is 18.0. The number of hydrogen-bond acceptors (Lipinski definition) is 4. The van der Waals surface area contributed by atoms with Crippen LogP contribution in [0.5, 0.6) is 11.5 Å². The van der Waals surface area contributed by atoms with Crippen LogP contribution in [0.4, 0.5) is 20.2 Å². The maximum absolute atomic E-state index is 13.5. The van der Waals surface area contributed by atoms with Crippen LogP contribution in [0.2, 0.25) is 0 Å². The van der Waals surface area contributed by atoms with Crippen molar-refractivity contribution in [1.29, 1.82) is 0 Å². The van der Waals surface area contributed by atoms with Gasteiger partial charge in [-0.1, -0.05) is 0 Å². The molecule has 0 radical (unpaired) electrons. The Kier molecular flexibility index (Phi) is 9.60. The van der Waals surface area contributed by atoms with Gasteiger partial charge in [0, 0.05) is 50.2 Å². The van der Waals surface area contributed by atoms with Crippen LogP contribution in [0, 0.1) is 17.6 Å². The van der Waals surface area contributed by atoms with Crippen LogP contribution in [0.3, 0.4) is 0 Å². The van der Waals surface area contributed by atoms with Crippen molar-refractivity contribution in [2.75, 3.05) is 50.6 Å². The maximum atomic E-state index is 13.5. The molecule has 1 aliphatic heterocycles. The number of methoxy groups -OCH3 is 1. The molecule has 1 atom stereocenters. The van der Waals surface area contributed by atoms with Gasteiger partial charge in [-0.2, -0.15) is 0 Å². The highest BCUT2D eigenvalue weighted by molar-refractivity contribution is 14.0. The highest BCUT2D eigenvalue weighted by atomic mass is 127. The summed E-state index contributed by atoms with van der Waals surface area (Å²) in [5.41, 5.74) is 1.54. The molecule has 9 heteroatoms. The van der Waals surface area contributed by atoms with Crippen molar-refractivity contribution in [3.8, 4) is 11.5 Å². The summed E-state index contributed by atoms with van der Waals surface area (Å²) in [5.74, 6) is 0.717. The molecule has 0 aromatic heterocycles. The first-order chi connectivity index (χ1) is 14.5. The molecule has 2 N–H and O–H groups in total. The Labute approximate surface area is 199 Å². The zero-order valence-corrected chi connectivity index (χ0v) is 20.3. The number of guanidine groups is 1. The third kappa shape index (κ3) is 6.59. The Balaban J connectivity index is 0.00000341. The SMILES string of the molecule is CCOc1cc(NC(=NC)NCC2CCN(c3ccc(F)c(F)c3)C2)ccc1OC.I. The largest absolute Gasteiger partial charge is 0.493 e. The van der Waals surface area contributed by atoms with E-state index in [4.69, 9.17) is 9.47 Å². The van der Waals surface area contributed by atoms with E-state index in [0.717, 1.165) is 25.2 Å². The average molecular weight is 546 g/mol. The van der Waals surface area contributed by atoms with Gasteiger partial charge in [0.05, 0.1) is 13.7 Å². The summed E-state index contributed by atoms with van der Waals surface area (Å²) < 4.78 is 37.6. The lowest BCUT2D eigenvalue weighted by Crippen LogP contribution is -2.35. The minimum Gasteiger partial charge on any atom is -0.493 e. The lowest BCUT2D eigenvalue weighted by molar-refractivity contribution is 0.311. The van der Waals surface area contributed by atoms with Gasteiger partial charge in [0.25, 0.3) is 0 Å². The molecule has 1 heterocycles. The van der Waals surface area contributed by atoms with E-state index in [1.165, 1.54) is 12.1 Å². The molecule has 0 saturated carbocycles. The normalized spacial score (nSPS) is 16.0. The van der Waals surface area contributed by atoms with Crippen LogP contribution in [0.25, 0.3) is 0 Å². The molecule has 0 amide bonds. The van der Waals surface area contributed by atoms with Crippen molar-refractivity contribution >= 4 is 41.3 Å². The second-order valence-corrected chi connectivity index (χ2v) is 7.08. The molecule has 2 aromatic carbocycles. The van der Waals surface area contributed by atoms with E-state index in [1.54, 1.807) is 20.2 Å². The van der Waals surface area contributed by atoms with Crippen molar-refractivity contribution < 1.29 is 18.3 Å². The topological polar surface area (TPSA) is 58.1 Å². The predicted molar refractivity (Wildman–Crippen MR) is 131 cm³/mol. The van der Waals surface area contributed by atoms with Gasteiger partial charge in [-0.05, 0) is 43.5 Å². The van der Waals surface area contributed by atoms with E-state index in [0.29, 0.717) is 42.2 Å². The fourth-order valence-electron chi connectivity index (χ4n) is 3.50. The van der Waals surface area contributed by atoms with E-state index in [-0.39, 0.29) is 24.0 Å². The highest BCUT2D eigenvalue weighted by Crippen LogP contribution is 2.30. The third-order valence-electron chi connectivity index (χ3n) is 5.06. The summed E-state index contributed by atoms with van der Waals surface area (Å²) in [6.45, 7) is 4.76. The van der Waals surface area contributed by atoms with Gasteiger partial charge in [-0.3, -0.25) is 4.99 Å². The van der Waals surface area contributed by atoms with Crippen LogP contribution < -0.4 is 25.0 Å². The van der Waals surface area contributed by atoms with Crippen molar-refractivity contribution in [3.63, 3.8) is 0 Å². The second kappa shape index (κ2) is 11.9. The van der Waals surface area contributed by atoms with E-state index in [2.05, 4.69) is 20.5 Å². The van der Waals surface area contributed by atoms with Crippen LogP contribution in [0.1, 0.15) is 13.3 Å². The molecular formula is C22H29F2IN4O2. The Morgan fingerprint density at radius 3 is 2.65 bits per heavy atom. The Morgan fingerprint density at radius 1 is 1.16 bits per heavy atom. The molecule has 31 heavy (non-hydrogen) atoms. The van der Waals surface area contributed by atoms with Crippen LogP contribution in [-0.2, 0) is 0 Å². The highest BCUT2D eigenvalue weighted by Gasteiger charge is 2.23. The number of anilines is 2. The third-order valence-corrected chi connectivity index (χ3v) is 5.06. The monoisotopic (exact) mass is 546 g/mol. The molecule has 0 bridgehead atoms. The number of aliphatic imine (C=N–C) groups is 1. The molecule has 2 aromatic rings. The molecule has 1 fully saturated rings. The molecular weight excluding hydrogens is 517 g/mol. The van der Waals surface area contributed by atoms with Gasteiger partial charge in [-0.25, -0.2) is 8.78 Å². The van der Waals surface area contributed by atoms with Crippen molar-refractivity contribution in [2.45, 2.75) is 13.3 Å². The first-order valence-electron chi connectivity index (χ1n) is 10.0. The number of halogens is 3. The molecule has 170 valence electrons. The number of rotatable bonds is 7. The predicted octanol–water partition coefficient (Wildman–Crippen LogP) is 4.50. The van der Waals surface area contributed by atoms with Crippen LogP contribution in [0.15, 0.2) is 41.4 Å². The second-order valence-electron chi connectivity index (χ2n) is 7.08. The first kappa shape index (κ1) is 25.0. The Bertz CT molecular complexity index is 898. The van der Waals surface area contributed by atoms with Gasteiger partial charge in [0.2, 0.25) is 0 Å². The summed E-state index contributed by atoms with van der Waals surface area (Å²) in [7, 11) is 3.32. The molecule has 6 nitrogen and oxygen atoms in total. The fraction of sp³-hybridized carbons (Fsp3) is 0.409. The molecule has 0 aliphatic carbocycles. The summed E-state index contributed by atoms with van der Waals surface area (Å²) in [5, 5.41) is 6.60. The molecule has 0 spiro atoms. The van der Waals surface area contributed by atoms with Crippen LogP contribution >= 0.6 is 24.0 Å². The zero-order chi connectivity index (χ0) is 21.5. The number of benzene rings is 2. The molecule has 1 unspecified atom stereocenters. The smallest absolute Gasteiger partial charge is 0.195 e. The summed E-state index contributed by atoms with van der Waals surface area (Å²) in [6.07, 6.45) is 0.958. The molecule has 3 rings (SSSR count). The number of nitrogens with one attached hydrogen (secondary N) is 2. The van der Waals surface area contributed by atoms with E-state index in [1.807, 2.05) is 25.1 Å². The van der Waals surface area contributed by atoms with Crippen molar-refractivity contribution in [2.24, 2.45) is 10.9 Å². The maximum Gasteiger partial charge on any atom is 0.195 e. The standard InChI is InChI=1S/C22H28F2N4O2.HI/c1-4-30-21-11-16(5-8-20(21)29-3)27-22(25-2)26-13-15-9-10-28(14-15)17-6-7-18(23)19(24)12-17;/h5-8,11-12,15H,4,9-10,13-14H2,1-3H3,(H2,25,26,27);1H. The lowest BCUT2D eigenvalue weighted by atomic mass is 10.1. The average Bonchev–Trinajstić information content (AvgIpc) is 3.22. The number of nitrogens with zero attached hydrogens (tertiary/aromatic N) is 2. The van der Waals surface area contributed by atoms with E-state index in [9.17, 15) is 8.78 Å². The first-order valence-corrected chi connectivity index (χ1v) is 10.0. The summed E-state index contributed by atoms with van der Waals surface area (Å²) >= 11 is 0. The molecule has 1 aliphatic rings. The van der Waals surface area contributed by atoms with Crippen LogP contribution in [-0.4, -0.2) is 46.4 Å². The lowest BCUT2D eigenvalue weighted by Gasteiger charge is -2.20. The van der Waals surface area contributed by atoms with Gasteiger partial charge >= 0.3 is 0 Å². The Hall–Kier alpha value is -2.30. The minimum atomic E-state index is -0.822. The van der Waals surface area contributed by atoms with Crippen molar-refractivity contribution in [3.05, 3.63) is 48.0 Å². The van der Waals surface area contributed by atoms with Gasteiger partial charge in [-0.15, -0.1) is 24.0 Å². The quantitative estimate of drug-likeness (QED) is 0.304. The van der Waals surface area contributed by atoms with Gasteiger partial charge in [0.15, 0.2) is 29.1 Å². The van der Waals surface area contributed by atoms with E-state index < -0.39 is 11.6 Å². The van der Waals surface area contributed by atoms with E-state index >= 15 is 0 Å². The van der Waals surface area contributed by atoms with Gasteiger partial charge in [0.1, 0.15) is 0 Å². The van der Waals surface area contributed by atoms with Gasteiger partial charge < -0.3 is 25.0 Å². The van der Waals surface area contributed by atoms with Crippen molar-refractivity contribution in [1.82, 2.24) is 5.32 Å². The minimum absolute atomic E-state index is 0. The summed E-state index contributed by atoms with van der Waals surface area (Å²) in [6, 6.07) is 9.66.